The van der Waals surface area contributed by atoms with Gasteiger partial charge in [-0.25, -0.2) is 5.43 Å². The number of carbonyl (C=O) groups is 2. The Bertz CT molecular complexity index is 1380. The van der Waals surface area contributed by atoms with Gasteiger partial charge in [-0.2, -0.15) is 13.5 Å². The number of methoxy groups -OCH3 is 2. The monoisotopic (exact) mass is 499 g/mol. The number of amides is 2. The number of nitrogens with one attached hydrogen (secondary N) is 2. The van der Waals surface area contributed by atoms with Gasteiger partial charge >= 0.3 is 10.1 Å². The van der Waals surface area contributed by atoms with Crippen molar-refractivity contribution in [3.05, 3.63) is 83.2 Å². The highest BCUT2D eigenvalue weighted by molar-refractivity contribution is 7.85. The van der Waals surface area contributed by atoms with Crippen molar-refractivity contribution >= 4 is 34.2 Å². The van der Waals surface area contributed by atoms with E-state index >= 15 is 0 Å². The minimum Gasteiger partial charge on any atom is -0.493 e. The first-order valence-corrected chi connectivity index (χ1v) is 11.4. The van der Waals surface area contributed by atoms with Gasteiger partial charge in [0.2, 0.25) is 5.09 Å². The molecule has 0 saturated carbocycles. The van der Waals surface area contributed by atoms with E-state index in [-0.39, 0.29) is 11.5 Å². The first-order valence-electron chi connectivity index (χ1n) is 9.92. The topological polar surface area (TPSA) is 157 Å². The number of hydrazone groups is 1. The van der Waals surface area contributed by atoms with Gasteiger partial charge in [0.05, 0.1) is 20.4 Å². The van der Waals surface area contributed by atoms with Crippen LogP contribution in [0.25, 0.3) is 6.08 Å². The number of hydrogen-bond acceptors (Lipinski definition) is 8. The highest BCUT2D eigenvalue weighted by atomic mass is 32.2. The molecule has 0 saturated heterocycles. The molecule has 0 aliphatic heterocycles. The summed E-state index contributed by atoms with van der Waals surface area (Å²) in [6.07, 6.45) is 2.44. The zero-order valence-corrected chi connectivity index (χ0v) is 19.4. The minimum atomic E-state index is -4.51. The van der Waals surface area contributed by atoms with Crippen LogP contribution in [0.3, 0.4) is 0 Å². The molecule has 3 rings (SSSR count). The lowest BCUT2D eigenvalue weighted by atomic mass is 10.1. The zero-order chi connectivity index (χ0) is 25.4. The van der Waals surface area contributed by atoms with Crippen LogP contribution in [0.2, 0.25) is 0 Å². The van der Waals surface area contributed by atoms with E-state index in [2.05, 4.69) is 15.8 Å². The molecule has 3 N–H and O–H groups in total. The summed E-state index contributed by atoms with van der Waals surface area (Å²) in [5.41, 5.74) is 2.94. The molecule has 0 spiro atoms. The lowest BCUT2D eigenvalue weighted by Gasteiger charge is -2.11. The number of carbonyl (C=O) groups excluding carboxylic acids is 2. The Labute approximate surface area is 200 Å². The van der Waals surface area contributed by atoms with Crippen molar-refractivity contribution in [2.75, 3.05) is 14.2 Å². The van der Waals surface area contributed by atoms with E-state index in [0.29, 0.717) is 22.6 Å². The van der Waals surface area contributed by atoms with Crippen LogP contribution in [0.5, 0.6) is 11.5 Å². The molecule has 0 radical (unpaired) electrons. The molecule has 0 aliphatic carbocycles. The van der Waals surface area contributed by atoms with Gasteiger partial charge < -0.3 is 19.2 Å². The zero-order valence-electron chi connectivity index (χ0n) is 18.6. The van der Waals surface area contributed by atoms with Crippen molar-refractivity contribution < 1.29 is 36.5 Å². The van der Waals surface area contributed by atoms with E-state index in [4.69, 9.17) is 18.4 Å². The Morgan fingerprint density at radius 2 is 1.71 bits per heavy atom. The molecule has 2 aromatic carbocycles. The smallest absolute Gasteiger partial charge is 0.328 e. The van der Waals surface area contributed by atoms with Gasteiger partial charge in [0, 0.05) is 5.56 Å². The van der Waals surface area contributed by atoms with Crippen LogP contribution in [0.15, 0.2) is 81.0 Å². The fourth-order valence-corrected chi connectivity index (χ4v) is 3.25. The first kappa shape index (κ1) is 25.2. The average molecular weight is 500 g/mol. The molecule has 0 aliphatic rings. The third kappa shape index (κ3) is 6.79. The van der Waals surface area contributed by atoms with Gasteiger partial charge in [-0.15, -0.1) is 0 Å². The third-order valence-electron chi connectivity index (χ3n) is 4.46. The third-order valence-corrected chi connectivity index (χ3v) is 5.19. The molecule has 0 atom stereocenters. The fraction of sp³-hybridized carbons (Fsp3) is 0.0870. The molecule has 0 unspecified atom stereocenters. The minimum absolute atomic E-state index is 0.0448. The Morgan fingerprint density at radius 1 is 1.00 bits per heavy atom. The van der Waals surface area contributed by atoms with Crippen LogP contribution in [0, 0.1) is 0 Å². The van der Waals surface area contributed by atoms with Crippen molar-refractivity contribution in [3.8, 4) is 11.5 Å². The molecular formula is C23H21N3O8S. The maximum atomic E-state index is 12.8. The van der Waals surface area contributed by atoms with E-state index in [1.165, 1.54) is 26.4 Å². The van der Waals surface area contributed by atoms with Crippen molar-refractivity contribution in [1.82, 2.24) is 10.7 Å². The molecule has 1 heterocycles. The summed E-state index contributed by atoms with van der Waals surface area (Å²) in [5.74, 6) is -0.448. The molecule has 1 aromatic heterocycles. The quantitative estimate of drug-likeness (QED) is 0.175. The fourth-order valence-electron chi connectivity index (χ4n) is 2.81. The number of ether oxygens (including phenoxy) is 2. The Morgan fingerprint density at radius 3 is 2.34 bits per heavy atom. The summed E-state index contributed by atoms with van der Waals surface area (Å²) in [6, 6.07) is 15.5. The Balaban J connectivity index is 1.85. The second kappa shape index (κ2) is 11.1. The molecular weight excluding hydrogens is 478 g/mol. The average Bonchev–Trinajstić information content (AvgIpc) is 3.33. The predicted molar refractivity (Wildman–Crippen MR) is 126 cm³/mol. The molecule has 35 heavy (non-hydrogen) atoms. The van der Waals surface area contributed by atoms with E-state index < -0.39 is 27.0 Å². The van der Waals surface area contributed by atoms with E-state index in [9.17, 15) is 18.0 Å². The van der Waals surface area contributed by atoms with E-state index in [0.717, 1.165) is 12.3 Å². The largest absolute Gasteiger partial charge is 0.493 e. The predicted octanol–water partition coefficient (Wildman–Crippen LogP) is 2.46. The highest BCUT2D eigenvalue weighted by Crippen LogP contribution is 2.28. The van der Waals surface area contributed by atoms with Crippen molar-refractivity contribution in [2.45, 2.75) is 5.09 Å². The lowest BCUT2D eigenvalue weighted by Crippen LogP contribution is -2.32. The summed E-state index contributed by atoms with van der Waals surface area (Å²) in [4.78, 5) is 25.5. The van der Waals surface area contributed by atoms with Gasteiger partial charge in [0.25, 0.3) is 11.8 Å². The molecule has 0 fully saturated rings. The summed E-state index contributed by atoms with van der Waals surface area (Å²) in [6.45, 7) is 0. The number of rotatable bonds is 9. The van der Waals surface area contributed by atoms with Crippen LogP contribution < -0.4 is 20.2 Å². The number of nitrogens with zero attached hydrogens (tertiary/aromatic N) is 1. The summed E-state index contributed by atoms with van der Waals surface area (Å²) < 4.78 is 46.5. The molecule has 11 nitrogen and oxygen atoms in total. The maximum absolute atomic E-state index is 12.8. The Kier molecular flexibility index (Phi) is 8.02. The van der Waals surface area contributed by atoms with Gasteiger partial charge in [-0.1, -0.05) is 24.3 Å². The van der Waals surface area contributed by atoms with Crippen molar-refractivity contribution in [2.24, 2.45) is 5.10 Å². The van der Waals surface area contributed by atoms with Crippen LogP contribution in [0.4, 0.5) is 0 Å². The highest BCUT2D eigenvalue weighted by Gasteiger charge is 2.16. The van der Waals surface area contributed by atoms with Crippen molar-refractivity contribution in [1.29, 1.82) is 0 Å². The lowest BCUT2D eigenvalue weighted by molar-refractivity contribution is -0.117. The van der Waals surface area contributed by atoms with Crippen LogP contribution in [0.1, 0.15) is 21.7 Å². The van der Waals surface area contributed by atoms with Crippen LogP contribution >= 0.6 is 0 Å². The van der Waals surface area contributed by atoms with Gasteiger partial charge in [-0.3, -0.25) is 14.1 Å². The molecule has 182 valence electrons. The number of hydrogen-bond donors (Lipinski definition) is 3. The summed E-state index contributed by atoms with van der Waals surface area (Å²) >= 11 is 0. The SMILES string of the molecule is COc1ccc(/C=C(/NC(=O)c2ccccc2)C(=O)N/N=C\c2ccc(S(=O)(=O)O)o2)cc1OC. The second-order valence-electron chi connectivity index (χ2n) is 6.82. The molecule has 12 heteroatoms. The van der Waals surface area contributed by atoms with Crippen molar-refractivity contribution in [3.63, 3.8) is 0 Å². The van der Waals surface area contributed by atoms with Gasteiger partial charge in [-0.05, 0) is 48.0 Å². The standard InChI is InChI=1S/C23H21N3O8S/c1-32-19-10-8-15(13-20(19)33-2)12-18(25-22(27)16-6-4-3-5-7-16)23(28)26-24-14-17-9-11-21(34-17)35(29,30)31/h3-14H,1-2H3,(H,25,27)(H,26,28)(H,29,30,31)/b18-12+,24-14-. The van der Waals surface area contributed by atoms with Gasteiger partial charge in [0.15, 0.2) is 11.5 Å². The van der Waals surface area contributed by atoms with Crippen LogP contribution in [-0.2, 0) is 14.9 Å². The van der Waals surface area contributed by atoms with E-state index in [1.807, 2.05) is 0 Å². The number of benzene rings is 2. The normalized spacial score (nSPS) is 11.8. The Hall–Kier alpha value is -4.42. The summed E-state index contributed by atoms with van der Waals surface area (Å²) in [7, 11) is -1.56. The molecule has 0 bridgehead atoms. The van der Waals surface area contributed by atoms with Gasteiger partial charge in [0.1, 0.15) is 11.5 Å². The second-order valence-corrected chi connectivity index (χ2v) is 8.18. The maximum Gasteiger partial charge on any atom is 0.328 e. The van der Waals surface area contributed by atoms with E-state index in [1.54, 1.807) is 48.5 Å². The number of furan rings is 1. The summed E-state index contributed by atoms with van der Waals surface area (Å²) in [5, 5.41) is 5.59. The first-order chi connectivity index (χ1) is 16.7. The van der Waals surface area contributed by atoms with Crippen LogP contribution in [-0.4, -0.2) is 45.2 Å². The molecule has 2 amide bonds. The molecule has 3 aromatic rings.